The molecule has 6 nitrogen and oxygen atoms in total. The standard InChI is InChI=1S/C23H21F3N4O2/c24-23(25,26)20-12-14-30(28-20)19-10-8-18(9-11-19)27-21(31)17-7-4-13-29(15-17)22(32)16-5-2-1-3-6-16/h1-3,5-6,8-12,14,17H,4,7,13,15H2,(H,27,31). The minimum atomic E-state index is -4.51. The van der Waals surface area contributed by atoms with Crippen LogP contribution in [0.3, 0.4) is 0 Å². The number of alkyl halides is 3. The molecule has 2 amide bonds. The molecule has 1 aliphatic rings. The van der Waals surface area contributed by atoms with Gasteiger partial charge in [0.15, 0.2) is 5.69 Å². The Hall–Kier alpha value is -3.62. The molecule has 1 fully saturated rings. The van der Waals surface area contributed by atoms with Gasteiger partial charge in [-0.3, -0.25) is 9.59 Å². The Balaban J connectivity index is 1.38. The van der Waals surface area contributed by atoms with Crippen LogP contribution in [0.25, 0.3) is 5.69 Å². The number of benzene rings is 2. The topological polar surface area (TPSA) is 67.2 Å². The van der Waals surface area contributed by atoms with E-state index in [2.05, 4.69) is 10.4 Å². The van der Waals surface area contributed by atoms with Crippen molar-refractivity contribution in [2.45, 2.75) is 19.0 Å². The van der Waals surface area contributed by atoms with Crippen LogP contribution in [0.4, 0.5) is 18.9 Å². The Morgan fingerprint density at radius 3 is 2.38 bits per heavy atom. The van der Waals surface area contributed by atoms with Gasteiger partial charge in [0.1, 0.15) is 0 Å². The van der Waals surface area contributed by atoms with Crippen molar-refractivity contribution in [2.75, 3.05) is 18.4 Å². The molecule has 0 spiro atoms. The van der Waals surface area contributed by atoms with Gasteiger partial charge >= 0.3 is 6.18 Å². The summed E-state index contributed by atoms with van der Waals surface area (Å²) >= 11 is 0. The van der Waals surface area contributed by atoms with Gasteiger partial charge in [-0.05, 0) is 55.3 Å². The zero-order chi connectivity index (χ0) is 22.7. The van der Waals surface area contributed by atoms with Crippen molar-refractivity contribution in [3.63, 3.8) is 0 Å². The van der Waals surface area contributed by atoms with E-state index in [1.165, 1.54) is 6.20 Å². The minimum Gasteiger partial charge on any atom is -0.338 e. The van der Waals surface area contributed by atoms with Crippen molar-refractivity contribution in [3.05, 3.63) is 78.1 Å². The lowest BCUT2D eigenvalue weighted by Crippen LogP contribution is -2.43. The highest BCUT2D eigenvalue weighted by Gasteiger charge is 2.33. The zero-order valence-electron chi connectivity index (χ0n) is 17.0. The number of carbonyl (C=O) groups excluding carboxylic acids is 2. The highest BCUT2D eigenvalue weighted by Crippen LogP contribution is 2.28. The largest absolute Gasteiger partial charge is 0.435 e. The highest BCUT2D eigenvalue weighted by molar-refractivity contribution is 5.96. The van der Waals surface area contributed by atoms with Gasteiger partial charge in [-0.2, -0.15) is 18.3 Å². The molecule has 1 aromatic heterocycles. The number of amides is 2. The molecule has 1 unspecified atom stereocenters. The monoisotopic (exact) mass is 442 g/mol. The Labute approximate surface area is 182 Å². The molecule has 1 atom stereocenters. The van der Waals surface area contributed by atoms with E-state index < -0.39 is 11.9 Å². The summed E-state index contributed by atoms with van der Waals surface area (Å²) in [5.74, 6) is -0.622. The lowest BCUT2D eigenvalue weighted by Gasteiger charge is -2.32. The Morgan fingerprint density at radius 2 is 1.72 bits per heavy atom. The smallest absolute Gasteiger partial charge is 0.338 e. The van der Waals surface area contributed by atoms with Crippen LogP contribution in [0.15, 0.2) is 66.9 Å². The van der Waals surface area contributed by atoms with E-state index in [4.69, 9.17) is 0 Å². The molecular weight excluding hydrogens is 421 g/mol. The van der Waals surface area contributed by atoms with E-state index in [1.54, 1.807) is 53.4 Å². The second-order valence-corrected chi connectivity index (χ2v) is 7.64. The number of likely N-dealkylation sites (tertiary alicyclic amines) is 1. The van der Waals surface area contributed by atoms with Crippen LogP contribution in [-0.2, 0) is 11.0 Å². The molecular formula is C23H21F3N4O2. The molecule has 0 saturated carbocycles. The molecule has 1 saturated heterocycles. The summed E-state index contributed by atoms with van der Waals surface area (Å²) in [6, 6.07) is 16.2. The van der Waals surface area contributed by atoms with Crippen LogP contribution < -0.4 is 5.32 Å². The fourth-order valence-electron chi connectivity index (χ4n) is 3.70. The Kier molecular flexibility index (Phi) is 5.98. The lowest BCUT2D eigenvalue weighted by atomic mass is 9.96. The third-order valence-electron chi connectivity index (χ3n) is 5.38. The molecule has 32 heavy (non-hydrogen) atoms. The van der Waals surface area contributed by atoms with E-state index in [0.717, 1.165) is 17.2 Å². The molecule has 2 heterocycles. The molecule has 166 valence electrons. The average molecular weight is 442 g/mol. The number of carbonyl (C=O) groups is 2. The fourth-order valence-corrected chi connectivity index (χ4v) is 3.70. The van der Waals surface area contributed by atoms with Gasteiger partial charge in [0.2, 0.25) is 5.91 Å². The highest BCUT2D eigenvalue weighted by atomic mass is 19.4. The van der Waals surface area contributed by atoms with Crippen molar-refractivity contribution >= 4 is 17.5 Å². The molecule has 0 bridgehead atoms. The summed E-state index contributed by atoms with van der Waals surface area (Å²) in [7, 11) is 0. The summed E-state index contributed by atoms with van der Waals surface area (Å²) < 4.78 is 39.3. The maximum absolute atomic E-state index is 12.7. The van der Waals surface area contributed by atoms with Gasteiger partial charge in [0.25, 0.3) is 5.91 Å². The average Bonchev–Trinajstić information content (AvgIpc) is 3.31. The van der Waals surface area contributed by atoms with Gasteiger partial charge in [-0.25, -0.2) is 4.68 Å². The number of piperidine rings is 1. The molecule has 0 radical (unpaired) electrons. The first kappa shape index (κ1) is 21.6. The first-order chi connectivity index (χ1) is 15.3. The number of rotatable bonds is 4. The predicted octanol–water partition coefficient (Wildman–Crippen LogP) is 4.38. The second-order valence-electron chi connectivity index (χ2n) is 7.64. The summed E-state index contributed by atoms with van der Waals surface area (Å²) in [5, 5.41) is 6.36. The maximum Gasteiger partial charge on any atom is 0.435 e. The normalized spacial score (nSPS) is 16.6. The number of nitrogens with one attached hydrogen (secondary N) is 1. The molecule has 1 aliphatic heterocycles. The maximum atomic E-state index is 12.7. The Bertz CT molecular complexity index is 1090. The third-order valence-corrected chi connectivity index (χ3v) is 5.38. The number of aromatic nitrogens is 2. The van der Waals surface area contributed by atoms with E-state index in [1.807, 2.05) is 6.07 Å². The Morgan fingerprint density at radius 1 is 1.00 bits per heavy atom. The van der Waals surface area contributed by atoms with Crippen LogP contribution in [0.5, 0.6) is 0 Å². The molecule has 2 aromatic carbocycles. The van der Waals surface area contributed by atoms with Gasteiger partial charge in [-0.15, -0.1) is 0 Å². The summed E-state index contributed by atoms with van der Waals surface area (Å²) in [6.07, 6.45) is -1.86. The first-order valence-corrected chi connectivity index (χ1v) is 10.2. The van der Waals surface area contributed by atoms with Crippen LogP contribution in [-0.4, -0.2) is 39.6 Å². The number of anilines is 1. The van der Waals surface area contributed by atoms with Crippen LogP contribution in [0.1, 0.15) is 28.9 Å². The van der Waals surface area contributed by atoms with Crippen molar-refractivity contribution in [3.8, 4) is 5.69 Å². The van der Waals surface area contributed by atoms with E-state index in [-0.39, 0.29) is 17.7 Å². The van der Waals surface area contributed by atoms with Crippen LogP contribution in [0.2, 0.25) is 0 Å². The minimum absolute atomic E-state index is 0.0927. The molecule has 1 N–H and O–H groups in total. The van der Waals surface area contributed by atoms with Crippen molar-refractivity contribution in [1.82, 2.24) is 14.7 Å². The van der Waals surface area contributed by atoms with Gasteiger partial charge < -0.3 is 10.2 Å². The van der Waals surface area contributed by atoms with E-state index in [0.29, 0.717) is 36.4 Å². The summed E-state index contributed by atoms with van der Waals surface area (Å²) in [5.41, 5.74) is 0.586. The van der Waals surface area contributed by atoms with Crippen molar-refractivity contribution in [1.29, 1.82) is 0 Å². The zero-order valence-corrected chi connectivity index (χ0v) is 17.0. The predicted molar refractivity (Wildman–Crippen MR) is 112 cm³/mol. The molecule has 9 heteroatoms. The quantitative estimate of drug-likeness (QED) is 0.652. The number of hydrogen-bond donors (Lipinski definition) is 1. The molecule has 3 aromatic rings. The summed E-state index contributed by atoms with van der Waals surface area (Å²) in [4.78, 5) is 27.1. The fraction of sp³-hybridized carbons (Fsp3) is 0.261. The van der Waals surface area contributed by atoms with Gasteiger partial charge in [-0.1, -0.05) is 18.2 Å². The molecule has 0 aliphatic carbocycles. The van der Waals surface area contributed by atoms with E-state index >= 15 is 0 Å². The molecule has 4 rings (SSSR count). The van der Waals surface area contributed by atoms with Crippen LogP contribution in [0, 0.1) is 5.92 Å². The SMILES string of the molecule is O=C(Nc1ccc(-n2ccc(C(F)(F)F)n2)cc1)C1CCCN(C(=O)c2ccccc2)C1. The van der Waals surface area contributed by atoms with E-state index in [9.17, 15) is 22.8 Å². The first-order valence-electron chi connectivity index (χ1n) is 10.2. The number of halogens is 3. The number of nitrogens with zero attached hydrogens (tertiary/aromatic N) is 3. The second kappa shape index (κ2) is 8.86. The lowest BCUT2D eigenvalue weighted by molar-refractivity contribution is -0.141. The van der Waals surface area contributed by atoms with Gasteiger partial charge in [0.05, 0.1) is 11.6 Å². The van der Waals surface area contributed by atoms with Crippen molar-refractivity contribution in [2.24, 2.45) is 5.92 Å². The van der Waals surface area contributed by atoms with Gasteiger partial charge in [0, 0.05) is 30.5 Å². The van der Waals surface area contributed by atoms with Crippen LogP contribution >= 0.6 is 0 Å². The van der Waals surface area contributed by atoms with Crippen molar-refractivity contribution < 1.29 is 22.8 Å². The third kappa shape index (κ3) is 4.82. The summed E-state index contributed by atoms with van der Waals surface area (Å²) in [6.45, 7) is 0.946. The number of hydrogen-bond acceptors (Lipinski definition) is 3.